The molecule has 0 radical (unpaired) electrons. The van der Waals surface area contributed by atoms with Crippen LogP contribution in [0.2, 0.25) is 0 Å². The van der Waals surface area contributed by atoms with Crippen molar-refractivity contribution in [1.82, 2.24) is 20.0 Å². The number of nitrogens with zero attached hydrogens (tertiary/aromatic N) is 5. The largest absolute Gasteiger partial charge is 0.355 e. The fourth-order valence-electron chi connectivity index (χ4n) is 2.95. The summed E-state index contributed by atoms with van der Waals surface area (Å²) in [5.74, 6) is 3.47. The molecule has 0 aliphatic carbocycles. The van der Waals surface area contributed by atoms with Gasteiger partial charge in [0.2, 0.25) is 0 Å². The number of aromatic nitrogens is 2. The Hall–Kier alpha value is -2.13. The van der Waals surface area contributed by atoms with E-state index in [0.717, 1.165) is 32.0 Å². The van der Waals surface area contributed by atoms with Gasteiger partial charge >= 0.3 is 0 Å². The first kappa shape index (κ1) is 14.8. The van der Waals surface area contributed by atoms with Crippen molar-refractivity contribution in [2.24, 2.45) is 0 Å². The van der Waals surface area contributed by atoms with E-state index in [0.29, 0.717) is 25.3 Å². The summed E-state index contributed by atoms with van der Waals surface area (Å²) >= 11 is 0. The molecule has 6 nitrogen and oxygen atoms in total. The minimum absolute atomic E-state index is 0.0409. The highest BCUT2D eigenvalue weighted by molar-refractivity contribution is 5.92. The van der Waals surface area contributed by atoms with E-state index in [2.05, 4.69) is 25.9 Å². The third-order valence-corrected chi connectivity index (χ3v) is 4.27. The van der Waals surface area contributed by atoms with E-state index in [1.807, 2.05) is 11.0 Å². The minimum atomic E-state index is -0.0409. The molecule has 3 rings (SSSR count). The molecule has 116 valence electrons. The SMILES string of the molecule is C#CCN1CCN(C(=O)c2ccc(N3CCCC3)nn2)CC1. The lowest BCUT2D eigenvalue weighted by Crippen LogP contribution is -2.48. The summed E-state index contributed by atoms with van der Waals surface area (Å²) in [5, 5.41) is 8.34. The zero-order valence-corrected chi connectivity index (χ0v) is 12.7. The maximum absolute atomic E-state index is 12.4. The van der Waals surface area contributed by atoms with Gasteiger partial charge in [-0.2, -0.15) is 0 Å². The maximum atomic E-state index is 12.4. The molecule has 2 aliphatic heterocycles. The van der Waals surface area contributed by atoms with Crippen molar-refractivity contribution >= 4 is 11.7 Å². The van der Waals surface area contributed by atoms with Crippen LogP contribution in [0.1, 0.15) is 23.3 Å². The number of piperazine rings is 1. The van der Waals surface area contributed by atoms with Crippen molar-refractivity contribution in [1.29, 1.82) is 0 Å². The Morgan fingerprint density at radius 3 is 2.41 bits per heavy atom. The molecule has 0 spiro atoms. The highest BCUT2D eigenvalue weighted by Crippen LogP contribution is 2.17. The summed E-state index contributed by atoms with van der Waals surface area (Å²) in [6.45, 7) is 5.71. The molecule has 1 aromatic rings. The molecule has 22 heavy (non-hydrogen) atoms. The molecule has 0 atom stereocenters. The van der Waals surface area contributed by atoms with E-state index >= 15 is 0 Å². The summed E-state index contributed by atoms with van der Waals surface area (Å²) in [7, 11) is 0. The Kier molecular flexibility index (Phi) is 4.54. The van der Waals surface area contributed by atoms with Crippen LogP contribution < -0.4 is 4.90 Å². The Morgan fingerprint density at radius 2 is 1.82 bits per heavy atom. The van der Waals surface area contributed by atoms with Crippen molar-refractivity contribution in [3.8, 4) is 12.3 Å². The molecule has 0 N–H and O–H groups in total. The third kappa shape index (κ3) is 3.20. The van der Waals surface area contributed by atoms with E-state index < -0.39 is 0 Å². The lowest BCUT2D eigenvalue weighted by Gasteiger charge is -2.33. The lowest BCUT2D eigenvalue weighted by atomic mass is 10.2. The maximum Gasteiger partial charge on any atom is 0.274 e. The summed E-state index contributed by atoms with van der Waals surface area (Å²) < 4.78 is 0. The van der Waals surface area contributed by atoms with Gasteiger partial charge in [0.15, 0.2) is 11.5 Å². The first-order valence-electron chi connectivity index (χ1n) is 7.82. The topological polar surface area (TPSA) is 52.6 Å². The van der Waals surface area contributed by atoms with Crippen molar-refractivity contribution < 1.29 is 4.79 Å². The number of terminal acetylenes is 1. The van der Waals surface area contributed by atoms with E-state index in [4.69, 9.17) is 6.42 Å². The average molecular weight is 299 g/mol. The Bertz CT molecular complexity index is 551. The molecule has 1 aromatic heterocycles. The molecule has 0 aromatic carbocycles. The molecule has 6 heteroatoms. The number of anilines is 1. The molecule has 2 fully saturated rings. The number of hydrogen-bond donors (Lipinski definition) is 0. The summed E-state index contributed by atoms with van der Waals surface area (Å²) in [4.78, 5) is 18.7. The van der Waals surface area contributed by atoms with Crippen LogP contribution in [-0.4, -0.2) is 71.7 Å². The second-order valence-electron chi connectivity index (χ2n) is 5.74. The Labute approximate surface area is 131 Å². The zero-order valence-electron chi connectivity index (χ0n) is 12.7. The van der Waals surface area contributed by atoms with Crippen LogP contribution in [0.25, 0.3) is 0 Å². The average Bonchev–Trinajstić information content (AvgIpc) is 3.10. The molecule has 0 bridgehead atoms. The smallest absolute Gasteiger partial charge is 0.274 e. The summed E-state index contributed by atoms with van der Waals surface area (Å²) in [6.07, 6.45) is 7.71. The first-order chi connectivity index (χ1) is 10.8. The van der Waals surface area contributed by atoms with Gasteiger partial charge in [0.1, 0.15) is 0 Å². The van der Waals surface area contributed by atoms with E-state index in [9.17, 15) is 4.79 Å². The molecule has 1 amide bonds. The van der Waals surface area contributed by atoms with E-state index in [1.165, 1.54) is 12.8 Å². The standard InChI is InChI=1S/C16H21N5O/c1-2-7-19-10-12-21(13-11-19)16(22)14-5-6-15(18-17-14)20-8-3-4-9-20/h1,5-6H,3-4,7-13H2. The van der Waals surface area contributed by atoms with Crippen molar-refractivity contribution in [3.63, 3.8) is 0 Å². The van der Waals surface area contributed by atoms with E-state index in [1.54, 1.807) is 6.07 Å². The van der Waals surface area contributed by atoms with Gasteiger partial charge in [-0.15, -0.1) is 16.6 Å². The number of carbonyl (C=O) groups excluding carboxylic acids is 1. The van der Waals surface area contributed by atoms with Crippen LogP contribution in [-0.2, 0) is 0 Å². The summed E-state index contributed by atoms with van der Waals surface area (Å²) in [5.41, 5.74) is 0.424. The summed E-state index contributed by atoms with van der Waals surface area (Å²) in [6, 6.07) is 3.69. The lowest BCUT2D eigenvalue weighted by molar-refractivity contribution is 0.0645. The van der Waals surface area contributed by atoms with Gasteiger partial charge in [-0.3, -0.25) is 9.69 Å². The second kappa shape index (κ2) is 6.75. The van der Waals surface area contributed by atoms with Gasteiger partial charge in [-0.05, 0) is 25.0 Å². The van der Waals surface area contributed by atoms with E-state index in [-0.39, 0.29) is 5.91 Å². The van der Waals surface area contributed by atoms with Gasteiger partial charge in [-0.1, -0.05) is 5.92 Å². The van der Waals surface area contributed by atoms with Crippen LogP contribution in [0.4, 0.5) is 5.82 Å². The van der Waals surface area contributed by atoms with Gasteiger partial charge < -0.3 is 9.80 Å². The number of rotatable bonds is 3. The third-order valence-electron chi connectivity index (χ3n) is 4.27. The van der Waals surface area contributed by atoms with Crippen LogP contribution in [0.5, 0.6) is 0 Å². The Balaban J connectivity index is 1.59. The first-order valence-corrected chi connectivity index (χ1v) is 7.82. The van der Waals surface area contributed by atoms with Gasteiger partial charge in [0.05, 0.1) is 6.54 Å². The quantitative estimate of drug-likeness (QED) is 0.759. The number of carbonyl (C=O) groups is 1. The predicted molar refractivity (Wildman–Crippen MR) is 84.7 cm³/mol. The monoisotopic (exact) mass is 299 g/mol. The fourth-order valence-corrected chi connectivity index (χ4v) is 2.95. The fraction of sp³-hybridized carbons (Fsp3) is 0.562. The molecule has 0 saturated carbocycles. The highest BCUT2D eigenvalue weighted by atomic mass is 16.2. The minimum Gasteiger partial charge on any atom is -0.355 e. The van der Waals surface area contributed by atoms with Crippen LogP contribution in [0.3, 0.4) is 0 Å². The number of hydrogen-bond acceptors (Lipinski definition) is 5. The number of amides is 1. The van der Waals surface area contributed by atoms with Crippen molar-refractivity contribution in [3.05, 3.63) is 17.8 Å². The molecular weight excluding hydrogens is 278 g/mol. The van der Waals surface area contributed by atoms with Gasteiger partial charge in [0.25, 0.3) is 5.91 Å². The molecule has 0 unspecified atom stereocenters. The van der Waals surface area contributed by atoms with Gasteiger partial charge in [0, 0.05) is 39.3 Å². The van der Waals surface area contributed by atoms with Crippen LogP contribution >= 0.6 is 0 Å². The van der Waals surface area contributed by atoms with Crippen LogP contribution in [0, 0.1) is 12.3 Å². The highest BCUT2D eigenvalue weighted by Gasteiger charge is 2.23. The van der Waals surface area contributed by atoms with Crippen molar-refractivity contribution in [2.45, 2.75) is 12.8 Å². The zero-order chi connectivity index (χ0) is 15.4. The normalized spacial score (nSPS) is 19.2. The van der Waals surface area contributed by atoms with Crippen molar-refractivity contribution in [2.75, 3.05) is 50.7 Å². The molecule has 2 aliphatic rings. The van der Waals surface area contributed by atoms with Crippen LogP contribution in [0.15, 0.2) is 12.1 Å². The second-order valence-corrected chi connectivity index (χ2v) is 5.74. The molecular formula is C16H21N5O. The Morgan fingerprint density at radius 1 is 1.09 bits per heavy atom. The molecule has 2 saturated heterocycles. The predicted octanol–water partition coefficient (Wildman–Crippen LogP) is 0.468. The molecule has 3 heterocycles. The van der Waals surface area contributed by atoms with Gasteiger partial charge in [-0.25, -0.2) is 0 Å².